The molecule has 34 heavy (non-hydrogen) atoms. The number of anilines is 1. The summed E-state index contributed by atoms with van der Waals surface area (Å²) in [5.41, 5.74) is 7.35. The molecule has 0 fully saturated rings. The van der Waals surface area contributed by atoms with Gasteiger partial charge < -0.3 is 10.4 Å². The molecule has 0 radical (unpaired) electrons. The third-order valence-electron chi connectivity index (χ3n) is 4.81. The van der Waals surface area contributed by atoms with Gasteiger partial charge in [0.15, 0.2) is 0 Å². The quantitative estimate of drug-likeness (QED) is 0.329. The Kier molecular flexibility index (Phi) is 14.4. The molecule has 2 N–H and O–H groups in total. The SMILES string of the molecule is CNc1ccc(C)cc1.Cc1ccc(CCO)cc1.Cc1ccc(F)cc1.Cc1ccccc1. The van der Waals surface area contributed by atoms with Crippen LogP contribution in [0.5, 0.6) is 0 Å². The number of aliphatic hydroxyl groups is 1. The first-order valence-electron chi connectivity index (χ1n) is 11.5. The van der Waals surface area contributed by atoms with E-state index >= 15 is 0 Å². The summed E-state index contributed by atoms with van der Waals surface area (Å²) in [6.07, 6.45) is 0.764. The van der Waals surface area contributed by atoms with Crippen molar-refractivity contribution in [3.05, 3.63) is 137 Å². The highest BCUT2D eigenvalue weighted by molar-refractivity contribution is 5.43. The largest absolute Gasteiger partial charge is 0.396 e. The van der Waals surface area contributed by atoms with Gasteiger partial charge in [0.2, 0.25) is 0 Å². The van der Waals surface area contributed by atoms with Crippen LogP contribution in [-0.2, 0) is 6.42 Å². The van der Waals surface area contributed by atoms with Crippen molar-refractivity contribution in [1.82, 2.24) is 0 Å². The van der Waals surface area contributed by atoms with Gasteiger partial charge in [-0.3, -0.25) is 0 Å². The van der Waals surface area contributed by atoms with Crippen molar-refractivity contribution < 1.29 is 9.50 Å². The second kappa shape index (κ2) is 17.1. The molecule has 0 atom stereocenters. The van der Waals surface area contributed by atoms with Crippen LogP contribution < -0.4 is 5.32 Å². The summed E-state index contributed by atoms with van der Waals surface area (Å²) in [6.45, 7) is 8.39. The molecular weight excluding hydrogens is 421 g/mol. The number of rotatable bonds is 3. The van der Waals surface area contributed by atoms with E-state index in [1.807, 2.05) is 44.3 Å². The van der Waals surface area contributed by atoms with E-state index in [4.69, 9.17) is 5.11 Å². The zero-order valence-corrected chi connectivity index (χ0v) is 21.1. The Bertz CT molecular complexity index is 991. The number of nitrogens with one attached hydrogen (secondary N) is 1. The summed E-state index contributed by atoms with van der Waals surface area (Å²) < 4.78 is 12.1. The van der Waals surface area contributed by atoms with Gasteiger partial charge >= 0.3 is 0 Å². The molecule has 0 aliphatic carbocycles. The van der Waals surface area contributed by atoms with E-state index in [1.165, 1.54) is 40.1 Å². The van der Waals surface area contributed by atoms with Gasteiger partial charge in [0, 0.05) is 19.3 Å². The first kappa shape index (κ1) is 28.6. The monoisotopic (exact) mass is 459 g/mol. The van der Waals surface area contributed by atoms with Crippen LogP contribution in [0.1, 0.15) is 27.8 Å². The zero-order valence-electron chi connectivity index (χ0n) is 21.1. The molecule has 0 saturated carbocycles. The molecule has 2 nitrogen and oxygen atoms in total. The molecule has 0 unspecified atom stereocenters. The Labute approximate surface area is 205 Å². The molecule has 4 rings (SSSR count). The molecule has 0 aromatic heterocycles. The van der Waals surface area contributed by atoms with Crippen molar-refractivity contribution in [3.63, 3.8) is 0 Å². The van der Waals surface area contributed by atoms with Crippen molar-refractivity contribution in [1.29, 1.82) is 0 Å². The van der Waals surface area contributed by atoms with E-state index in [2.05, 4.69) is 74.6 Å². The minimum Gasteiger partial charge on any atom is -0.396 e. The summed E-state index contributed by atoms with van der Waals surface area (Å²) >= 11 is 0. The van der Waals surface area contributed by atoms with Crippen LogP contribution in [0.25, 0.3) is 0 Å². The first-order chi connectivity index (χ1) is 16.3. The Morgan fingerprint density at radius 3 is 1.35 bits per heavy atom. The number of benzene rings is 4. The molecule has 0 heterocycles. The van der Waals surface area contributed by atoms with Crippen molar-refractivity contribution in [2.45, 2.75) is 34.1 Å². The molecule has 4 aromatic carbocycles. The minimum atomic E-state index is -0.171. The standard InChI is InChI=1S/C9H12O.C8H11N.C7H7F.C7H8/c1-8-2-4-9(5-3-8)6-7-10;1-7-3-5-8(9-2)6-4-7;1-6-2-4-7(8)5-3-6;1-7-5-3-2-4-6-7/h2-5,10H,6-7H2,1H3;3-6,9H,1-2H3;2-5H,1H3;2-6H,1H3. The molecule has 0 amide bonds. The lowest BCUT2D eigenvalue weighted by Gasteiger charge is -1.97. The molecule has 0 bridgehead atoms. The molecule has 0 aliphatic heterocycles. The number of halogens is 1. The molecular formula is C31H38FNO. The summed E-state index contributed by atoms with van der Waals surface area (Å²) in [5, 5.41) is 11.6. The number of hydrogen-bond acceptors (Lipinski definition) is 2. The number of aliphatic hydroxyl groups excluding tert-OH is 1. The lowest BCUT2D eigenvalue weighted by atomic mass is 10.1. The summed E-state index contributed by atoms with van der Waals surface area (Å²) in [7, 11) is 1.92. The van der Waals surface area contributed by atoms with Crippen LogP contribution in [0, 0.1) is 33.5 Å². The maximum Gasteiger partial charge on any atom is 0.123 e. The summed E-state index contributed by atoms with van der Waals surface area (Å²) in [5.74, 6) is -0.171. The van der Waals surface area contributed by atoms with Gasteiger partial charge in [0.05, 0.1) is 0 Å². The van der Waals surface area contributed by atoms with E-state index in [-0.39, 0.29) is 12.4 Å². The molecule has 3 heteroatoms. The predicted molar refractivity (Wildman–Crippen MR) is 145 cm³/mol. The van der Waals surface area contributed by atoms with Crippen molar-refractivity contribution in [3.8, 4) is 0 Å². The smallest absolute Gasteiger partial charge is 0.123 e. The highest BCUT2D eigenvalue weighted by Crippen LogP contribution is 2.06. The molecule has 180 valence electrons. The van der Waals surface area contributed by atoms with Gasteiger partial charge in [0.1, 0.15) is 5.82 Å². The maximum atomic E-state index is 12.1. The Balaban J connectivity index is 0.000000228. The van der Waals surface area contributed by atoms with Gasteiger partial charge in [0.25, 0.3) is 0 Å². The second-order valence-electron chi connectivity index (χ2n) is 8.03. The average molecular weight is 460 g/mol. The van der Waals surface area contributed by atoms with Gasteiger partial charge in [-0.2, -0.15) is 0 Å². The zero-order chi connectivity index (χ0) is 25.2. The first-order valence-corrected chi connectivity index (χ1v) is 11.5. The Morgan fingerprint density at radius 1 is 0.588 bits per heavy atom. The van der Waals surface area contributed by atoms with Crippen molar-refractivity contribution in [2.24, 2.45) is 0 Å². The summed E-state index contributed by atoms with van der Waals surface area (Å²) in [6, 6.07) is 33.2. The van der Waals surface area contributed by atoms with Crippen LogP contribution in [-0.4, -0.2) is 18.8 Å². The van der Waals surface area contributed by atoms with Gasteiger partial charge in [-0.15, -0.1) is 0 Å². The van der Waals surface area contributed by atoms with Gasteiger partial charge in [-0.25, -0.2) is 4.39 Å². The average Bonchev–Trinajstić information content (AvgIpc) is 2.85. The van der Waals surface area contributed by atoms with E-state index in [1.54, 1.807) is 12.1 Å². The van der Waals surface area contributed by atoms with Crippen molar-refractivity contribution in [2.75, 3.05) is 19.0 Å². The van der Waals surface area contributed by atoms with Crippen molar-refractivity contribution >= 4 is 5.69 Å². The minimum absolute atomic E-state index is 0.171. The molecule has 0 aliphatic rings. The highest BCUT2D eigenvalue weighted by Gasteiger charge is 1.89. The lowest BCUT2D eigenvalue weighted by molar-refractivity contribution is 0.299. The van der Waals surface area contributed by atoms with Crippen LogP contribution >= 0.6 is 0 Å². The fourth-order valence-electron chi connectivity index (χ4n) is 2.67. The molecule has 4 aromatic rings. The Hall–Kier alpha value is -3.43. The van der Waals surface area contributed by atoms with Crippen LogP contribution in [0.4, 0.5) is 10.1 Å². The third kappa shape index (κ3) is 13.9. The number of aryl methyl sites for hydroxylation is 4. The number of hydrogen-bond donors (Lipinski definition) is 2. The van der Waals surface area contributed by atoms with Gasteiger partial charge in [-0.05, 0) is 63.9 Å². The van der Waals surface area contributed by atoms with Crippen LogP contribution in [0.3, 0.4) is 0 Å². The van der Waals surface area contributed by atoms with E-state index < -0.39 is 0 Å². The van der Waals surface area contributed by atoms with E-state index in [0.29, 0.717) is 0 Å². The van der Waals surface area contributed by atoms with E-state index in [9.17, 15) is 4.39 Å². The maximum absolute atomic E-state index is 12.1. The molecule has 0 saturated heterocycles. The third-order valence-corrected chi connectivity index (χ3v) is 4.81. The summed E-state index contributed by atoms with van der Waals surface area (Å²) in [4.78, 5) is 0. The molecule has 0 spiro atoms. The highest BCUT2D eigenvalue weighted by atomic mass is 19.1. The van der Waals surface area contributed by atoms with Gasteiger partial charge in [-0.1, -0.05) is 101 Å². The van der Waals surface area contributed by atoms with E-state index in [0.717, 1.165) is 12.0 Å². The second-order valence-corrected chi connectivity index (χ2v) is 8.03. The lowest BCUT2D eigenvalue weighted by Crippen LogP contribution is -1.89. The normalized spacial score (nSPS) is 9.26. The fourth-order valence-corrected chi connectivity index (χ4v) is 2.67. The van der Waals surface area contributed by atoms with Crippen LogP contribution in [0.2, 0.25) is 0 Å². The topological polar surface area (TPSA) is 32.3 Å². The van der Waals surface area contributed by atoms with Crippen LogP contribution in [0.15, 0.2) is 103 Å². The Morgan fingerprint density at radius 2 is 1.00 bits per heavy atom. The fraction of sp³-hybridized carbons (Fsp3) is 0.226. The predicted octanol–water partition coefficient (Wildman–Crippen LogP) is 7.70.